The molecule has 0 heterocycles. The van der Waals surface area contributed by atoms with Gasteiger partial charge in [0.05, 0.1) is 0 Å². The molecule has 0 saturated heterocycles. The minimum Gasteiger partial charge on any atom is -0.481 e. The Morgan fingerprint density at radius 1 is 1.28 bits per heavy atom. The molecule has 0 amide bonds. The molecule has 0 radical (unpaired) electrons. The Hall–Kier alpha value is -2.18. The zero-order valence-electron chi connectivity index (χ0n) is 15.3. The molecular weight excluding hydrogens is 320 g/mol. The summed E-state index contributed by atoms with van der Waals surface area (Å²) in [4.78, 5) is 19.7. The van der Waals surface area contributed by atoms with E-state index in [1.807, 2.05) is 25.1 Å². The van der Waals surface area contributed by atoms with Gasteiger partial charge in [-0.3, -0.25) is 9.59 Å². The van der Waals surface area contributed by atoms with E-state index in [0.29, 0.717) is 19.4 Å². The van der Waals surface area contributed by atoms with Gasteiger partial charge in [0.15, 0.2) is 0 Å². The average Bonchev–Trinajstić information content (AvgIpc) is 2.56. The molecule has 0 aliphatic carbocycles. The molecule has 6 nitrogen and oxygen atoms in total. The van der Waals surface area contributed by atoms with E-state index in [1.165, 1.54) is 11.1 Å². The first-order valence-corrected chi connectivity index (χ1v) is 8.37. The molecular formula is C19H32N2O4. The van der Waals surface area contributed by atoms with Gasteiger partial charge < -0.3 is 21.7 Å². The lowest BCUT2D eigenvalue weighted by molar-refractivity contribution is -0.139. The lowest BCUT2D eigenvalue weighted by atomic mass is 10.1. The molecule has 0 aliphatic rings. The fourth-order valence-electron chi connectivity index (χ4n) is 1.64. The van der Waals surface area contributed by atoms with Crippen molar-refractivity contribution in [1.82, 2.24) is 0 Å². The smallest absolute Gasteiger partial charge is 0.320 e. The predicted molar refractivity (Wildman–Crippen MR) is 102 cm³/mol. The number of carbonyl (C=O) groups is 2. The second kappa shape index (κ2) is 16.7. The van der Waals surface area contributed by atoms with Crippen molar-refractivity contribution in [3.8, 4) is 0 Å². The van der Waals surface area contributed by atoms with Crippen LogP contribution in [0, 0.1) is 6.92 Å². The topological polar surface area (TPSA) is 127 Å². The van der Waals surface area contributed by atoms with Gasteiger partial charge in [0.2, 0.25) is 0 Å². The number of aryl methyl sites for hydroxylation is 1. The van der Waals surface area contributed by atoms with Gasteiger partial charge in [-0.05, 0) is 38.3 Å². The Kier molecular flexibility index (Phi) is 16.7. The van der Waals surface area contributed by atoms with Crippen molar-refractivity contribution < 1.29 is 19.8 Å². The monoisotopic (exact) mass is 352 g/mol. The van der Waals surface area contributed by atoms with E-state index in [0.717, 1.165) is 19.3 Å². The highest BCUT2D eigenvalue weighted by molar-refractivity contribution is 5.72. The standard InChI is InChI=1S/C9H10.C6H14N2O2.C4H8O2/c1-3-9-6-4-5-8(2)7-9;7-4-2-1-3-5(8)6(9)10;1-2-3-4(5)6/h3-7H,1H2,2H3;5H,1-4,7-8H2,(H,9,10);2-3H2,1H3,(H,5,6)/t;5-;/m.0./s1. The molecule has 0 saturated carbocycles. The van der Waals surface area contributed by atoms with Gasteiger partial charge in [-0.25, -0.2) is 0 Å². The maximum atomic E-state index is 10.1. The molecule has 0 aliphatic heterocycles. The lowest BCUT2D eigenvalue weighted by Gasteiger charge is -2.03. The maximum Gasteiger partial charge on any atom is 0.320 e. The highest BCUT2D eigenvalue weighted by atomic mass is 16.4. The average molecular weight is 352 g/mol. The van der Waals surface area contributed by atoms with E-state index in [1.54, 1.807) is 0 Å². The van der Waals surface area contributed by atoms with Crippen molar-refractivity contribution >= 4 is 18.0 Å². The van der Waals surface area contributed by atoms with Crippen molar-refractivity contribution in [2.24, 2.45) is 11.5 Å². The molecule has 1 atom stereocenters. The number of hydrogen-bond acceptors (Lipinski definition) is 4. The van der Waals surface area contributed by atoms with Crippen molar-refractivity contribution in [2.75, 3.05) is 6.54 Å². The van der Waals surface area contributed by atoms with Crippen molar-refractivity contribution in [2.45, 2.75) is 52.0 Å². The molecule has 0 unspecified atom stereocenters. The van der Waals surface area contributed by atoms with E-state index in [4.69, 9.17) is 21.7 Å². The summed E-state index contributed by atoms with van der Waals surface area (Å²) in [7, 11) is 0. The van der Waals surface area contributed by atoms with Crippen LogP contribution in [0.25, 0.3) is 6.08 Å². The third-order valence-electron chi connectivity index (χ3n) is 3.03. The molecule has 0 fully saturated rings. The van der Waals surface area contributed by atoms with Gasteiger partial charge in [0.25, 0.3) is 0 Å². The number of unbranched alkanes of at least 4 members (excludes halogenated alkanes) is 1. The van der Waals surface area contributed by atoms with E-state index in [2.05, 4.69) is 25.6 Å². The molecule has 1 aromatic rings. The molecule has 0 aromatic heterocycles. The van der Waals surface area contributed by atoms with Crippen LogP contribution in [-0.4, -0.2) is 34.7 Å². The van der Waals surface area contributed by atoms with Crippen LogP contribution in [-0.2, 0) is 9.59 Å². The van der Waals surface area contributed by atoms with Gasteiger partial charge in [-0.2, -0.15) is 0 Å². The number of aliphatic carboxylic acids is 2. The SMILES string of the molecule is C=Cc1cccc(C)c1.CCCC(=O)O.NCCCC[C@H](N)C(=O)O. The molecule has 1 aromatic carbocycles. The second-order valence-corrected chi connectivity index (χ2v) is 5.49. The molecule has 0 bridgehead atoms. The van der Waals surface area contributed by atoms with Gasteiger partial charge in [0, 0.05) is 6.42 Å². The summed E-state index contributed by atoms with van der Waals surface area (Å²) in [6.07, 6.45) is 5.04. The van der Waals surface area contributed by atoms with Crippen LogP contribution in [0.4, 0.5) is 0 Å². The zero-order chi connectivity index (χ0) is 19.7. The highest BCUT2D eigenvalue weighted by Crippen LogP contribution is 2.03. The quantitative estimate of drug-likeness (QED) is 0.533. The Labute approximate surface area is 150 Å². The van der Waals surface area contributed by atoms with E-state index in [-0.39, 0.29) is 0 Å². The number of hydrogen-bond donors (Lipinski definition) is 4. The summed E-state index contributed by atoms with van der Waals surface area (Å²) in [6, 6.07) is 7.54. The fourth-order valence-corrected chi connectivity index (χ4v) is 1.64. The Morgan fingerprint density at radius 2 is 1.92 bits per heavy atom. The summed E-state index contributed by atoms with van der Waals surface area (Å²) < 4.78 is 0. The van der Waals surface area contributed by atoms with Crippen LogP contribution in [0.5, 0.6) is 0 Å². The van der Waals surface area contributed by atoms with E-state index >= 15 is 0 Å². The first-order chi connectivity index (χ1) is 11.8. The van der Waals surface area contributed by atoms with Crippen LogP contribution in [0.3, 0.4) is 0 Å². The molecule has 142 valence electrons. The van der Waals surface area contributed by atoms with Gasteiger partial charge in [-0.15, -0.1) is 0 Å². The number of rotatable bonds is 8. The second-order valence-electron chi connectivity index (χ2n) is 5.49. The maximum absolute atomic E-state index is 10.1. The predicted octanol–water partition coefficient (Wildman–Crippen LogP) is 3.04. The minimum absolute atomic E-state index is 0.292. The van der Waals surface area contributed by atoms with Crippen LogP contribution in [0.15, 0.2) is 30.8 Å². The highest BCUT2D eigenvalue weighted by Gasteiger charge is 2.09. The number of benzene rings is 1. The van der Waals surface area contributed by atoms with Crippen molar-refractivity contribution in [3.05, 3.63) is 42.0 Å². The summed E-state index contributed by atoms with van der Waals surface area (Å²) in [5.41, 5.74) is 12.9. The molecule has 6 heteroatoms. The first kappa shape index (κ1) is 25.1. The summed E-state index contributed by atoms with van der Waals surface area (Å²) in [5.74, 6) is -1.64. The summed E-state index contributed by atoms with van der Waals surface area (Å²) in [5, 5.41) is 16.2. The van der Waals surface area contributed by atoms with Gasteiger partial charge in [0.1, 0.15) is 6.04 Å². The molecule has 25 heavy (non-hydrogen) atoms. The van der Waals surface area contributed by atoms with E-state index in [9.17, 15) is 9.59 Å². The third-order valence-corrected chi connectivity index (χ3v) is 3.03. The normalized spacial score (nSPS) is 10.4. The largest absolute Gasteiger partial charge is 0.481 e. The Balaban J connectivity index is 0. The molecule has 1 rings (SSSR count). The van der Waals surface area contributed by atoms with Crippen LogP contribution in [0.1, 0.15) is 50.2 Å². The van der Waals surface area contributed by atoms with Gasteiger partial charge >= 0.3 is 11.9 Å². The van der Waals surface area contributed by atoms with Crippen LogP contribution < -0.4 is 11.5 Å². The Morgan fingerprint density at radius 3 is 2.24 bits per heavy atom. The number of nitrogens with two attached hydrogens (primary N) is 2. The van der Waals surface area contributed by atoms with Crippen LogP contribution in [0.2, 0.25) is 0 Å². The molecule has 6 N–H and O–H groups in total. The lowest BCUT2D eigenvalue weighted by Crippen LogP contribution is -2.29. The number of carboxylic acid groups (broad SMARTS) is 2. The minimum atomic E-state index is -0.933. The fraction of sp³-hybridized carbons (Fsp3) is 0.474. The summed E-state index contributed by atoms with van der Waals surface area (Å²) >= 11 is 0. The van der Waals surface area contributed by atoms with E-state index < -0.39 is 18.0 Å². The Bertz CT molecular complexity index is 504. The zero-order valence-corrected chi connectivity index (χ0v) is 15.3. The molecule has 0 spiro atoms. The third kappa shape index (κ3) is 18.0. The first-order valence-electron chi connectivity index (χ1n) is 8.37. The number of carboxylic acids is 2. The van der Waals surface area contributed by atoms with Crippen molar-refractivity contribution in [3.63, 3.8) is 0 Å². The summed E-state index contributed by atoms with van der Waals surface area (Å²) in [6.45, 7) is 8.19. The van der Waals surface area contributed by atoms with Gasteiger partial charge in [-0.1, -0.05) is 55.8 Å². The van der Waals surface area contributed by atoms with Crippen molar-refractivity contribution in [1.29, 1.82) is 0 Å². The van der Waals surface area contributed by atoms with Crippen LogP contribution >= 0.6 is 0 Å².